The second-order valence-corrected chi connectivity index (χ2v) is 8.20. The summed E-state index contributed by atoms with van der Waals surface area (Å²) in [4.78, 5) is 28.5. The molecule has 7 nitrogen and oxygen atoms in total. The summed E-state index contributed by atoms with van der Waals surface area (Å²) in [5.74, 6) is -0.238. The van der Waals surface area contributed by atoms with Crippen LogP contribution in [0.1, 0.15) is 59.1 Å². The van der Waals surface area contributed by atoms with Gasteiger partial charge < -0.3 is 9.73 Å². The van der Waals surface area contributed by atoms with E-state index in [1.54, 1.807) is 17.5 Å². The van der Waals surface area contributed by atoms with E-state index in [1.165, 1.54) is 11.2 Å². The maximum absolute atomic E-state index is 13.6. The summed E-state index contributed by atoms with van der Waals surface area (Å²) in [7, 11) is 0. The quantitative estimate of drug-likeness (QED) is 0.641. The fourth-order valence-electron chi connectivity index (χ4n) is 3.91. The number of hydrogen-bond acceptors (Lipinski definition) is 6. The van der Waals surface area contributed by atoms with E-state index in [2.05, 4.69) is 14.9 Å². The highest BCUT2D eigenvalue weighted by atomic mass is 32.1. The molecule has 2 amide bonds. The van der Waals surface area contributed by atoms with Crippen molar-refractivity contribution in [3.05, 3.63) is 64.6 Å². The van der Waals surface area contributed by atoms with Crippen molar-refractivity contribution in [2.24, 2.45) is 0 Å². The van der Waals surface area contributed by atoms with Crippen LogP contribution >= 0.6 is 11.5 Å². The Morgan fingerprint density at radius 2 is 2.00 bits per heavy atom. The third-order valence-electron chi connectivity index (χ3n) is 5.65. The first-order valence-electron chi connectivity index (χ1n) is 10.1. The molecule has 1 atom stereocenters. The predicted molar refractivity (Wildman–Crippen MR) is 114 cm³/mol. The van der Waals surface area contributed by atoms with Crippen LogP contribution < -0.4 is 10.2 Å². The molecule has 30 heavy (non-hydrogen) atoms. The number of aromatic nitrogens is 2. The first-order valence-corrected chi connectivity index (χ1v) is 10.9. The van der Waals surface area contributed by atoms with Gasteiger partial charge in [-0.15, -0.1) is 5.10 Å². The van der Waals surface area contributed by atoms with Crippen LogP contribution in [0.25, 0.3) is 0 Å². The molecule has 0 aliphatic heterocycles. The third kappa shape index (κ3) is 4.00. The molecule has 1 aliphatic rings. The number of nitrogens with zero attached hydrogens (tertiary/aromatic N) is 3. The monoisotopic (exact) mass is 424 g/mol. The van der Waals surface area contributed by atoms with E-state index in [4.69, 9.17) is 4.42 Å². The minimum atomic E-state index is -0.949. The van der Waals surface area contributed by atoms with E-state index < -0.39 is 6.04 Å². The van der Waals surface area contributed by atoms with Crippen molar-refractivity contribution in [3.8, 4) is 0 Å². The molecule has 8 heteroatoms. The van der Waals surface area contributed by atoms with Crippen LogP contribution in [0.15, 0.2) is 46.4 Å². The average molecular weight is 425 g/mol. The van der Waals surface area contributed by atoms with Gasteiger partial charge in [0.25, 0.3) is 11.8 Å². The van der Waals surface area contributed by atoms with Gasteiger partial charge in [0, 0.05) is 17.1 Å². The highest BCUT2D eigenvalue weighted by Gasteiger charge is 2.38. The number of carbonyl (C=O) groups is 2. The molecule has 0 spiro atoms. The minimum absolute atomic E-state index is 0.117. The van der Waals surface area contributed by atoms with E-state index in [1.807, 2.05) is 32.0 Å². The number of benzene rings is 1. The molecule has 1 N–H and O–H groups in total. The normalized spacial score (nSPS) is 15.1. The van der Waals surface area contributed by atoms with Gasteiger partial charge in [0.2, 0.25) is 0 Å². The lowest BCUT2D eigenvalue weighted by molar-refractivity contribution is -0.123. The topological polar surface area (TPSA) is 88.3 Å². The van der Waals surface area contributed by atoms with Gasteiger partial charge in [0.1, 0.15) is 5.76 Å². The largest absolute Gasteiger partial charge is 0.467 e. The molecule has 0 saturated heterocycles. The van der Waals surface area contributed by atoms with Crippen LogP contribution in [0.3, 0.4) is 0 Å². The molecule has 1 fully saturated rings. The molecular weight excluding hydrogens is 400 g/mol. The standard InChI is InChI=1S/C22H24N4O3S/c1-14-7-5-10-18(15(14)2)26(22(28)17-13-30-25-24-17)20(19-11-6-12-29-19)21(27)23-16-8-3-4-9-16/h5-7,10-13,16,20H,3-4,8-9H2,1-2H3,(H,23,27)/t20-/m0/s1. The van der Waals surface area contributed by atoms with Gasteiger partial charge >= 0.3 is 0 Å². The SMILES string of the molecule is Cc1cccc(N(C(=O)c2csnn2)[C@H](C(=O)NC2CCCC2)c2ccco2)c1C. The van der Waals surface area contributed by atoms with Gasteiger partial charge in [0.05, 0.1) is 6.26 Å². The van der Waals surface area contributed by atoms with Gasteiger partial charge in [0.15, 0.2) is 11.7 Å². The van der Waals surface area contributed by atoms with E-state index in [-0.39, 0.29) is 23.6 Å². The van der Waals surface area contributed by atoms with E-state index in [0.29, 0.717) is 11.4 Å². The number of aryl methyl sites for hydroxylation is 1. The maximum Gasteiger partial charge on any atom is 0.280 e. The molecule has 4 rings (SSSR count). The fourth-order valence-corrected chi connectivity index (χ4v) is 4.34. The number of amides is 2. The molecule has 0 unspecified atom stereocenters. The zero-order valence-corrected chi connectivity index (χ0v) is 17.8. The Balaban J connectivity index is 1.81. The number of carbonyl (C=O) groups excluding carboxylic acids is 2. The molecule has 2 heterocycles. The van der Waals surface area contributed by atoms with Crippen molar-refractivity contribution < 1.29 is 14.0 Å². The molecule has 0 bridgehead atoms. The number of rotatable bonds is 6. The van der Waals surface area contributed by atoms with Crippen LogP contribution in [0.2, 0.25) is 0 Å². The van der Waals surface area contributed by atoms with Crippen LogP contribution in [-0.4, -0.2) is 27.4 Å². The smallest absolute Gasteiger partial charge is 0.280 e. The van der Waals surface area contributed by atoms with Crippen molar-refractivity contribution in [2.45, 2.75) is 51.6 Å². The van der Waals surface area contributed by atoms with Crippen molar-refractivity contribution in [2.75, 3.05) is 4.90 Å². The van der Waals surface area contributed by atoms with Gasteiger partial charge in [-0.3, -0.25) is 14.5 Å². The lowest BCUT2D eigenvalue weighted by atomic mass is 10.0. The Labute approximate surface area is 179 Å². The summed E-state index contributed by atoms with van der Waals surface area (Å²) in [6.45, 7) is 3.92. The summed E-state index contributed by atoms with van der Waals surface area (Å²) in [6.07, 6.45) is 5.61. The Bertz CT molecular complexity index is 1010. The Morgan fingerprint density at radius 3 is 2.67 bits per heavy atom. The van der Waals surface area contributed by atoms with Gasteiger partial charge in [-0.1, -0.05) is 29.5 Å². The predicted octanol–water partition coefficient (Wildman–Crippen LogP) is 4.19. The van der Waals surface area contributed by atoms with E-state index in [0.717, 1.165) is 48.3 Å². The summed E-state index contributed by atoms with van der Waals surface area (Å²) < 4.78 is 9.46. The first kappa shape index (κ1) is 20.3. The molecule has 156 valence electrons. The van der Waals surface area contributed by atoms with Crippen molar-refractivity contribution in [1.82, 2.24) is 14.9 Å². The summed E-state index contributed by atoms with van der Waals surface area (Å²) in [6, 6.07) is 8.32. The second kappa shape index (κ2) is 8.79. The number of furan rings is 1. The van der Waals surface area contributed by atoms with E-state index >= 15 is 0 Å². The number of nitrogens with one attached hydrogen (secondary N) is 1. The van der Waals surface area contributed by atoms with Gasteiger partial charge in [-0.05, 0) is 67.5 Å². The Kier molecular flexibility index (Phi) is 5.94. The maximum atomic E-state index is 13.6. The third-order valence-corrected chi connectivity index (χ3v) is 6.16. The fraction of sp³-hybridized carbons (Fsp3) is 0.364. The van der Waals surface area contributed by atoms with Crippen molar-refractivity contribution in [1.29, 1.82) is 0 Å². The number of hydrogen-bond donors (Lipinski definition) is 1. The van der Waals surface area contributed by atoms with Crippen molar-refractivity contribution in [3.63, 3.8) is 0 Å². The first-order chi connectivity index (χ1) is 14.6. The Morgan fingerprint density at radius 1 is 1.20 bits per heavy atom. The summed E-state index contributed by atoms with van der Waals surface area (Å²) in [5.41, 5.74) is 2.79. The molecular formula is C22H24N4O3S. The van der Waals surface area contributed by atoms with Crippen LogP contribution in [-0.2, 0) is 4.79 Å². The van der Waals surface area contributed by atoms with Crippen LogP contribution in [0, 0.1) is 13.8 Å². The van der Waals surface area contributed by atoms with Crippen LogP contribution in [0.4, 0.5) is 5.69 Å². The number of anilines is 1. The summed E-state index contributed by atoms with van der Waals surface area (Å²) in [5, 5.41) is 8.67. The lowest BCUT2D eigenvalue weighted by Gasteiger charge is -2.31. The molecule has 1 aromatic carbocycles. The van der Waals surface area contributed by atoms with E-state index in [9.17, 15) is 9.59 Å². The molecule has 3 aromatic rings. The average Bonchev–Trinajstić information content (AvgIpc) is 3.51. The molecule has 1 aliphatic carbocycles. The zero-order chi connectivity index (χ0) is 21.1. The molecule has 1 saturated carbocycles. The minimum Gasteiger partial charge on any atom is -0.467 e. The lowest BCUT2D eigenvalue weighted by Crippen LogP contribution is -2.46. The van der Waals surface area contributed by atoms with Crippen LogP contribution in [0.5, 0.6) is 0 Å². The summed E-state index contributed by atoms with van der Waals surface area (Å²) >= 11 is 1.10. The van der Waals surface area contributed by atoms with Gasteiger partial charge in [-0.25, -0.2) is 0 Å². The zero-order valence-electron chi connectivity index (χ0n) is 17.0. The Hall–Kier alpha value is -3.00. The van der Waals surface area contributed by atoms with Gasteiger partial charge in [-0.2, -0.15) is 0 Å². The second-order valence-electron chi connectivity index (χ2n) is 7.59. The molecule has 0 radical (unpaired) electrons. The highest BCUT2D eigenvalue weighted by molar-refractivity contribution is 7.03. The molecule has 2 aromatic heterocycles. The highest BCUT2D eigenvalue weighted by Crippen LogP contribution is 2.33. The van der Waals surface area contributed by atoms with Crippen molar-refractivity contribution >= 4 is 29.0 Å².